The van der Waals surface area contributed by atoms with E-state index in [1.807, 2.05) is 66.0 Å². The predicted octanol–water partition coefficient (Wildman–Crippen LogP) is 3.80. The Bertz CT molecular complexity index is 975. The Balaban J connectivity index is 1.58. The van der Waals surface area contributed by atoms with Crippen LogP contribution in [0.4, 0.5) is 11.4 Å². The van der Waals surface area contributed by atoms with Crippen LogP contribution >= 0.6 is 11.3 Å². The van der Waals surface area contributed by atoms with Gasteiger partial charge in [-0.1, -0.05) is 42.5 Å². The van der Waals surface area contributed by atoms with E-state index in [1.54, 1.807) is 28.5 Å². The molecule has 5 rings (SSSR count). The largest absolute Gasteiger partial charge is 0.273 e. The Morgan fingerprint density at radius 2 is 1.44 bits per heavy atom. The van der Waals surface area contributed by atoms with Gasteiger partial charge in [-0.2, -0.15) is 0 Å². The number of hydrogen-bond donors (Lipinski definition) is 0. The van der Waals surface area contributed by atoms with Crippen LogP contribution in [0.15, 0.2) is 78.2 Å². The summed E-state index contributed by atoms with van der Waals surface area (Å²) in [6.07, 6.45) is -0.815. The van der Waals surface area contributed by atoms with E-state index in [4.69, 9.17) is 4.84 Å². The molecule has 134 valence electrons. The molecule has 2 aliphatic heterocycles. The van der Waals surface area contributed by atoms with Crippen molar-refractivity contribution in [3.05, 3.63) is 83.1 Å². The summed E-state index contributed by atoms with van der Waals surface area (Å²) in [5, 5.41) is 3.70. The first kappa shape index (κ1) is 16.2. The Labute approximate surface area is 160 Å². The van der Waals surface area contributed by atoms with Crippen LogP contribution in [-0.4, -0.2) is 17.9 Å². The number of hydroxylamine groups is 1. The van der Waals surface area contributed by atoms with E-state index in [1.165, 1.54) is 4.90 Å². The second-order valence-corrected chi connectivity index (χ2v) is 7.50. The summed E-state index contributed by atoms with van der Waals surface area (Å²) in [6, 6.07) is 22.2. The van der Waals surface area contributed by atoms with Crippen LogP contribution in [0.3, 0.4) is 0 Å². The Hall–Kier alpha value is -2.96. The third-order valence-corrected chi connectivity index (χ3v) is 5.92. The fraction of sp³-hybridized carbons (Fsp3) is 0.143. The molecule has 5 nitrogen and oxygen atoms in total. The number of hydrogen-bond acceptors (Lipinski definition) is 5. The second-order valence-electron chi connectivity index (χ2n) is 6.52. The summed E-state index contributed by atoms with van der Waals surface area (Å²) in [4.78, 5) is 34.7. The summed E-state index contributed by atoms with van der Waals surface area (Å²) in [5.41, 5.74) is 1.42. The van der Waals surface area contributed by atoms with E-state index < -0.39 is 12.0 Å². The van der Waals surface area contributed by atoms with Crippen LogP contribution in [0.5, 0.6) is 0 Å². The van der Waals surface area contributed by atoms with Gasteiger partial charge in [0.2, 0.25) is 5.91 Å². The molecule has 0 bridgehead atoms. The van der Waals surface area contributed by atoms with Crippen LogP contribution in [0.2, 0.25) is 0 Å². The van der Waals surface area contributed by atoms with Gasteiger partial charge in [-0.3, -0.25) is 14.4 Å². The molecule has 0 radical (unpaired) electrons. The fourth-order valence-electron chi connectivity index (χ4n) is 3.79. The number of rotatable bonds is 3. The molecule has 6 heteroatoms. The lowest BCUT2D eigenvalue weighted by molar-refractivity contribution is -0.126. The highest BCUT2D eigenvalue weighted by Gasteiger charge is 2.60. The van der Waals surface area contributed by atoms with E-state index in [2.05, 4.69) is 0 Å². The van der Waals surface area contributed by atoms with E-state index in [-0.39, 0.29) is 17.9 Å². The predicted molar refractivity (Wildman–Crippen MR) is 103 cm³/mol. The zero-order valence-electron chi connectivity index (χ0n) is 14.3. The molecule has 0 unspecified atom stereocenters. The Kier molecular flexibility index (Phi) is 3.81. The average molecular weight is 376 g/mol. The minimum Gasteiger partial charge on any atom is -0.273 e. The smallest absolute Gasteiger partial charge is 0.266 e. The second kappa shape index (κ2) is 6.33. The summed E-state index contributed by atoms with van der Waals surface area (Å²) in [6.45, 7) is 0. The van der Waals surface area contributed by atoms with Crippen LogP contribution in [0, 0.1) is 5.92 Å². The van der Waals surface area contributed by atoms with Gasteiger partial charge in [-0.05, 0) is 35.7 Å². The third kappa shape index (κ3) is 2.49. The number of benzene rings is 2. The molecular formula is C21H16N2O3S. The standard InChI is InChI=1S/C21H16N2O3S/c24-20-17-18(16-12-7-13-27-16)23(15-10-5-2-6-11-15)26-19(17)21(25)22(20)14-8-3-1-4-9-14/h1-13,17-19H/t17-,18+,19-/m1/s1. The van der Waals surface area contributed by atoms with Gasteiger partial charge < -0.3 is 0 Å². The van der Waals surface area contributed by atoms with Crippen molar-refractivity contribution in [1.29, 1.82) is 0 Å². The van der Waals surface area contributed by atoms with Crippen molar-refractivity contribution in [2.24, 2.45) is 5.92 Å². The Morgan fingerprint density at radius 3 is 2.07 bits per heavy atom. The van der Waals surface area contributed by atoms with Gasteiger partial charge >= 0.3 is 0 Å². The van der Waals surface area contributed by atoms with Crippen LogP contribution in [0.25, 0.3) is 0 Å². The molecule has 3 heterocycles. The summed E-state index contributed by atoms with van der Waals surface area (Å²) >= 11 is 1.56. The maximum Gasteiger partial charge on any atom is 0.266 e. The monoisotopic (exact) mass is 376 g/mol. The number of carbonyl (C=O) groups excluding carboxylic acids is 2. The van der Waals surface area contributed by atoms with Gasteiger partial charge in [-0.15, -0.1) is 11.3 Å². The zero-order chi connectivity index (χ0) is 18.4. The van der Waals surface area contributed by atoms with Crippen molar-refractivity contribution in [3.8, 4) is 0 Å². The van der Waals surface area contributed by atoms with Gasteiger partial charge in [0.25, 0.3) is 5.91 Å². The normalized spacial score (nSPS) is 24.5. The first-order valence-corrected chi connectivity index (χ1v) is 9.61. The van der Waals surface area contributed by atoms with Gasteiger partial charge in [0.05, 0.1) is 11.4 Å². The van der Waals surface area contributed by atoms with Gasteiger partial charge in [-0.25, -0.2) is 9.96 Å². The van der Waals surface area contributed by atoms with Crippen molar-refractivity contribution in [3.63, 3.8) is 0 Å². The lowest BCUT2D eigenvalue weighted by Gasteiger charge is -2.27. The lowest BCUT2D eigenvalue weighted by atomic mass is 9.95. The molecule has 3 atom stereocenters. The van der Waals surface area contributed by atoms with Gasteiger partial charge in [0, 0.05) is 4.88 Å². The summed E-state index contributed by atoms with van der Waals surface area (Å²) in [7, 11) is 0. The Morgan fingerprint density at radius 1 is 0.778 bits per heavy atom. The van der Waals surface area contributed by atoms with E-state index in [9.17, 15) is 9.59 Å². The highest BCUT2D eigenvalue weighted by Crippen LogP contribution is 2.48. The highest BCUT2D eigenvalue weighted by atomic mass is 32.1. The fourth-order valence-corrected chi connectivity index (χ4v) is 4.65. The number of thiophene rings is 1. The zero-order valence-corrected chi connectivity index (χ0v) is 15.1. The number of amides is 2. The van der Waals surface area contributed by atoms with Crippen LogP contribution < -0.4 is 9.96 Å². The van der Waals surface area contributed by atoms with E-state index in [0.29, 0.717) is 5.69 Å². The SMILES string of the molecule is O=C1[C@H]2[C@@H](ON(c3ccccc3)[C@H]2c2cccs2)C(=O)N1c1ccccc1. The first-order valence-electron chi connectivity index (χ1n) is 8.73. The number of para-hydroxylation sites is 2. The molecule has 27 heavy (non-hydrogen) atoms. The molecule has 0 saturated carbocycles. The van der Waals surface area contributed by atoms with Crippen molar-refractivity contribution < 1.29 is 14.4 Å². The highest BCUT2D eigenvalue weighted by molar-refractivity contribution is 7.10. The average Bonchev–Trinajstić information content (AvgIpc) is 3.41. The molecule has 2 fully saturated rings. The number of carbonyl (C=O) groups is 2. The van der Waals surface area contributed by atoms with Crippen molar-refractivity contribution in [2.75, 3.05) is 9.96 Å². The first-order chi connectivity index (χ1) is 13.3. The number of anilines is 2. The molecule has 0 N–H and O–H groups in total. The number of nitrogens with zero attached hydrogens (tertiary/aromatic N) is 2. The van der Waals surface area contributed by atoms with Crippen molar-refractivity contribution in [2.45, 2.75) is 12.1 Å². The maximum absolute atomic E-state index is 13.3. The molecule has 2 aliphatic rings. The topological polar surface area (TPSA) is 49.9 Å². The molecule has 3 aromatic rings. The van der Waals surface area contributed by atoms with Crippen LogP contribution in [0.1, 0.15) is 10.9 Å². The molecule has 2 aromatic carbocycles. The number of fused-ring (bicyclic) bond motifs is 1. The van der Waals surface area contributed by atoms with Gasteiger partial charge in [0.1, 0.15) is 12.0 Å². The minimum absolute atomic E-state index is 0.215. The van der Waals surface area contributed by atoms with E-state index in [0.717, 1.165) is 10.6 Å². The molecule has 0 aliphatic carbocycles. The quantitative estimate of drug-likeness (QED) is 0.653. The number of imide groups is 1. The van der Waals surface area contributed by atoms with E-state index >= 15 is 0 Å². The van der Waals surface area contributed by atoms with Crippen molar-refractivity contribution >= 4 is 34.5 Å². The molecule has 1 aromatic heterocycles. The molecular weight excluding hydrogens is 360 g/mol. The summed E-state index contributed by atoms with van der Waals surface area (Å²) < 4.78 is 0. The molecule has 2 saturated heterocycles. The maximum atomic E-state index is 13.3. The lowest BCUT2D eigenvalue weighted by Crippen LogP contribution is -2.37. The van der Waals surface area contributed by atoms with Crippen molar-refractivity contribution in [1.82, 2.24) is 0 Å². The summed E-state index contributed by atoms with van der Waals surface area (Å²) in [5.74, 6) is -1.10. The molecule has 0 spiro atoms. The van der Waals surface area contributed by atoms with Crippen LogP contribution in [-0.2, 0) is 14.4 Å². The molecule has 2 amide bonds. The minimum atomic E-state index is -0.815. The third-order valence-electron chi connectivity index (χ3n) is 4.98. The van der Waals surface area contributed by atoms with Gasteiger partial charge in [0.15, 0.2) is 6.10 Å².